The second kappa shape index (κ2) is 15.1. The van der Waals surface area contributed by atoms with Crippen molar-refractivity contribution in [2.75, 3.05) is 11.4 Å². The third-order valence-corrected chi connectivity index (χ3v) is 17.1. The Bertz CT molecular complexity index is 2620. The zero-order chi connectivity index (χ0) is 42.0. The maximum atomic E-state index is 15.4. The Morgan fingerprint density at radius 2 is 1.56 bits per heavy atom. The van der Waals surface area contributed by atoms with Crippen LogP contribution in [0.1, 0.15) is 65.2 Å². The zero-order valence-corrected chi connectivity index (χ0v) is 36.4. The Labute approximate surface area is 351 Å². The average molecular weight is 828 g/mol. The lowest BCUT2D eigenvalue weighted by Gasteiger charge is -2.36. The van der Waals surface area contributed by atoms with E-state index in [9.17, 15) is 14.7 Å². The molecular weight excluding hydrogens is 778 g/mol. The number of amides is 3. The van der Waals surface area contributed by atoms with E-state index in [1.54, 1.807) is 23.1 Å². The van der Waals surface area contributed by atoms with Gasteiger partial charge in [-0.05, 0) is 115 Å². The van der Waals surface area contributed by atoms with E-state index in [4.69, 9.17) is 16.0 Å². The first-order chi connectivity index (χ1) is 28.0. The van der Waals surface area contributed by atoms with Gasteiger partial charge in [0.25, 0.3) is 11.8 Å². The minimum Gasteiger partial charge on any atom is -0.544 e. The maximum Gasteiger partial charge on any atom is 0.407 e. The number of halogens is 1. The molecule has 0 aliphatic carbocycles. The van der Waals surface area contributed by atoms with Crippen molar-refractivity contribution in [1.82, 2.24) is 18.9 Å². The molecule has 2 aromatic heterocycles. The SMILES string of the molecule is C[C@@H]1Cc2ccccc2CN1C(=O)c1ccc(Cl)cc1-c1cc(C(=O)N(c2ccc(O[Si](C)(C)C(C)(C)C)cc2)c2ccc3c(ccn3C)c2)c2n1CCN(C(=O)O)C2. The summed E-state index contributed by atoms with van der Waals surface area (Å²) in [4.78, 5) is 47.4. The van der Waals surface area contributed by atoms with Crippen LogP contribution >= 0.6 is 11.6 Å². The van der Waals surface area contributed by atoms with Gasteiger partial charge in [-0.15, -0.1) is 0 Å². The number of aryl methyl sites for hydroxylation is 1. The number of carbonyl (C=O) groups excluding carboxylic acids is 2. The monoisotopic (exact) mass is 827 g/mol. The number of hydrogen-bond donors (Lipinski definition) is 1. The Morgan fingerprint density at radius 3 is 2.27 bits per heavy atom. The molecule has 1 atom stereocenters. The van der Waals surface area contributed by atoms with Gasteiger partial charge in [-0.3, -0.25) is 14.5 Å². The highest BCUT2D eigenvalue weighted by Gasteiger charge is 2.39. The lowest BCUT2D eigenvalue weighted by molar-refractivity contribution is 0.0659. The van der Waals surface area contributed by atoms with Gasteiger partial charge in [0.2, 0.25) is 8.32 Å². The Balaban J connectivity index is 1.25. The van der Waals surface area contributed by atoms with E-state index in [0.717, 1.165) is 28.6 Å². The fourth-order valence-corrected chi connectivity index (χ4v) is 9.31. The quantitative estimate of drug-likeness (QED) is 0.162. The van der Waals surface area contributed by atoms with Gasteiger partial charge in [-0.1, -0.05) is 56.6 Å². The number of fused-ring (bicyclic) bond motifs is 3. The van der Waals surface area contributed by atoms with Crippen molar-refractivity contribution in [2.45, 2.75) is 77.9 Å². The van der Waals surface area contributed by atoms with E-state index >= 15 is 4.79 Å². The number of rotatable bonds is 7. The fraction of sp³-hybridized carbons (Fsp3) is 0.298. The van der Waals surface area contributed by atoms with E-state index in [2.05, 4.69) is 52.9 Å². The summed E-state index contributed by atoms with van der Waals surface area (Å²) < 4.78 is 10.6. The van der Waals surface area contributed by atoms with Crippen molar-refractivity contribution < 1.29 is 23.9 Å². The minimum atomic E-state index is -2.14. The van der Waals surface area contributed by atoms with Crippen LogP contribution in [0.15, 0.2) is 103 Å². The van der Waals surface area contributed by atoms with Crippen molar-refractivity contribution in [3.63, 3.8) is 0 Å². The van der Waals surface area contributed by atoms with Crippen LogP contribution in [0.3, 0.4) is 0 Å². The number of carboxylic acid groups (broad SMARTS) is 1. The molecule has 2 aliphatic heterocycles. The van der Waals surface area contributed by atoms with Gasteiger partial charge < -0.3 is 28.5 Å². The first-order valence-electron chi connectivity index (χ1n) is 20.1. The van der Waals surface area contributed by atoms with Crippen molar-refractivity contribution in [3.8, 4) is 17.0 Å². The summed E-state index contributed by atoms with van der Waals surface area (Å²) in [6.45, 7) is 14.0. The Hall–Kier alpha value is -5.78. The van der Waals surface area contributed by atoms with Crippen LogP contribution in [0.5, 0.6) is 5.75 Å². The largest absolute Gasteiger partial charge is 0.544 e. The molecule has 1 N–H and O–H groups in total. The van der Waals surface area contributed by atoms with Crippen molar-refractivity contribution in [1.29, 1.82) is 0 Å². The van der Waals surface area contributed by atoms with Crippen molar-refractivity contribution in [2.24, 2.45) is 7.05 Å². The van der Waals surface area contributed by atoms with Crippen molar-refractivity contribution in [3.05, 3.63) is 136 Å². The molecule has 0 fully saturated rings. The van der Waals surface area contributed by atoms with Crippen LogP contribution in [0.25, 0.3) is 22.2 Å². The summed E-state index contributed by atoms with van der Waals surface area (Å²) in [6, 6.07) is 30.8. The summed E-state index contributed by atoms with van der Waals surface area (Å²) >= 11 is 6.70. The number of nitrogens with zero attached hydrogens (tertiary/aromatic N) is 5. The molecule has 0 unspecified atom stereocenters. The minimum absolute atomic E-state index is 0.000234. The molecule has 59 heavy (non-hydrogen) atoms. The number of anilines is 2. The van der Waals surface area contributed by atoms with Crippen LogP contribution in [-0.2, 0) is 33.1 Å². The predicted molar refractivity (Wildman–Crippen MR) is 236 cm³/mol. The molecule has 8 rings (SSSR count). The Morgan fingerprint density at radius 1 is 0.847 bits per heavy atom. The van der Waals surface area contributed by atoms with Crippen molar-refractivity contribution >= 4 is 60.1 Å². The van der Waals surface area contributed by atoms with Crippen LogP contribution in [0.2, 0.25) is 23.2 Å². The first-order valence-corrected chi connectivity index (χ1v) is 23.4. The van der Waals surface area contributed by atoms with E-state index in [1.165, 1.54) is 10.5 Å². The highest BCUT2D eigenvalue weighted by Crippen LogP contribution is 2.40. The molecule has 0 saturated carbocycles. The number of hydrogen-bond acceptors (Lipinski definition) is 4. The summed E-state index contributed by atoms with van der Waals surface area (Å²) in [5.74, 6) is 0.260. The van der Waals surface area contributed by atoms with Crippen LogP contribution in [-0.4, -0.2) is 62.9 Å². The van der Waals surface area contributed by atoms with E-state index in [0.29, 0.717) is 51.0 Å². The first kappa shape index (κ1) is 40.0. The van der Waals surface area contributed by atoms with Crippen LogP contribution in [0.4, 0.5) is 16.2 Å². The third-order valence-electron chi connectivity index (χ3n) is 12.5. The lowest BCUT2D eigenvalue weighted by atomic mass is 9.93. The second-order valence-corrected chi connectivity index (χ2v) is 22.5. The molecule has 4 aromatic carbocycles. The highest BCUT2D eigenvalue weighted by molar-refractivity contribution is 6.74. The highest BCUT2D eigenvalue weighted by atomic mass is 35.5. The lowest BCUT2D eigenvalue weighted by Crippen LogP contribution is -2.43. The van der Waals surface area contributed by atoms with Gasteiger partial charge in [-0.25, -0.2) is 4.79 Å². The van der Waals surface area contributed by atoms with Crippen LogP contribution in [0, 0.1) is 0 Å². The molecule has 2 aliphatic rings. The summed E-state index contributed by atoms with van der Waals surface area (Å²) in [5.41, 5.74) is 7.19. The summed E-state index contributed by atoms with van der Waals surface area (Å²) in [5, 5.41) is 11.6. The Kier molecular flexibility index (Phi) is 10.2. The summed E-state index contributed by atoms with van der Waals surface area (Å²) in [6.07, 6.45) is 1.65. The smallest absolute Gasteiger partial charge is 0.407 e. The second-order valence-electron chi connectivity index (χ2n) is 17.4. The average Bonchev–Trinajstić information content (AvgIpc) is 3.77. The zero-order valence-electron chi connectivity index (χ0n) is 34.6. The molecule has 0 spiro atoms. The number of carbonyl (C=O) groups is 3. The van der Waals surface area contributed by atoms with E-state index in [1.807, 2.05) is 94.0 Å². The van der Waals surface area contributed by atoms with Crippen LogP contribution < -0.4 is 9.33 Å². The van der Waals surface area contributed by atoms with Gasteiger partial charge >= 0.3 is 6.09 Å². The molecule has 3 amide bonds. The molecule has 6 aromatic rings. The van der Waals surface area contributed by atoms with E-state index < -0.39 is 14.4 Å². The molecule has 12 heteroatoms. The maximum absolute atomic E-state index is 15.4. The number of aromatic nitrogens is 2. The van der Waals surface area contributed by atoms with Gasteiger partial charge in [-0.2, -0.15) is 0 Å². The predicted octanol–water partition coefficient (Wildman–Crippen LogP) is 10.7. The van der Waals surface area contributed by atoms with Gasteiger partial charge in [0, 0.05) is 77.3 Å². The van der Waals surface area contributed by atoms with Gasteiger partial charge in [0.1, 0.15) is 5.75 Å². The topological polar surface area (TPSA) is 100 Å². The summed E-state index contributed by atoms with van der Waals surface area (Å²) in [7, 11) is -0.160. The standard InChI is InChI=1S/C47H50ClN5O5Si/c1-30-24-31-10-8-9-11-33(31)28-52(30)44(54)38-18-12-34(48)26-39(38)42-27-40(43-29-50(46(56)57)22-23-51(42)43)45(55)53(36-15-19-41-32(25-36)20-21-49(41)5)35-13-16-37(17-14-35)58-59(6,7)47(2,3)4/h8-21,25-27,30H,22-24,28-29H2,1-7H3,(H,56,57)/t30-/m1/s1. The molecule has 0 bridgehead atoms. The van der Waals surface area contributed by atoms with Gasteiger partial charge in [0.05, 0.1) is 23.5 Å². The molecule has 304 valence electrons. The molecule has 0 radical (unpaired) electrons. The molecular formula is C47H50ClN5O5Si. The molecule has 0 saturated heterocycles. The fourth-order valence-electron chi connectivity index (χ4n) is 8.11. The molecule has 4 heterocycles. The third kappa shape index (κ3) is 7.42. The normalized spacial score (nSPS) is 15.5. The molecule has 10 nitrogen and oxygen atoms in total. The van der Waals surface area contributed by atoms with E-state index in [-0.39, 0.29) is 42.5 Å². The van der Waals surface area contributed by atoms with Gasteiger partial charge in [0.15, 0.2) is 0 Å². The number of benzene rings is 4.